The van der Waals surface area contributed by atoms with Crippen LogP contribution in [0.25, 0.3) is 0 Å². The van der Waals surface area contributed by atoms with E-state index in [-0.39, 0.29) is 22.9 Å². The van der Waals surface area contributed by atoms with Gasteiger partial charge in [0.15, 0.2) is 0 Å². The fourth-order valence-electron chi connectivity index (χ4n) is 4.18. The molecule has 0 saturated carbocycles. The number of hydrogen-bond acceptors (Lipinski definition) is 4. The van der Waals surface area contributed by atoms with Crippen molar-refractivity contribution in [3.05, 3.63) is 72.9 Å². The van der Waals surface area contributed by atoms with E-state index >= 15 is 0 Å². The molecule has 1 N–H and O–H groups in total. The largest absolute Gasteiger partial charge is 0.466 e. The third-order valence-electron chi connectivity index (χ3n) is 6.75. The maximum absolute atomic E-state index is 12.6. The van der Waals surface area contributed by atoms with Crippen LogP contribution in [0.4, 0.5) is 0 Å². The lowest BCUT2D eigenvalue weighted by Crippen LogP contribution is -2.53. The van der Waals surface area contributed by atoms with Crippen LogP contribution in [0.2, 0.25) is 0 Å². The average Bonchev–Trinajstić information content (AvgIpc) is 2.91. The van der Waals surface area contributed by atoms with Crippen molar-refractivity contribution in [2.75, 3.05) is 13.2 Å². The van der Waals surface area contributed by atoms with Crippen LogP contribution >= 0.6 is 0 Å². The van der Waals surface area contributed by atoms with Crippen LogP contribution in [0.15, 0.2) is 72.9 Å². The van der Waals surface area contributed by atoms with Gasteiger partial charge in [-0.3, -0.25) is 9.59 Å². The molecule has 0 aromatic carbocycles. The van der Waals surface area contributed by atoms with Crippen molar-refractivity contribution in [1.29, 1.82) is 0 Å². The third kappa shape index (κ3) is 17.8. The Morgan fingerprint density at radius 1 is 0.775 bits per heavy atom. The van der Waals surface area contributed by atoms with E-state index in [1.54, 1.807) is 0 Å². The maximum atomic E-state index is 12.6. The highest BCUT2D eigenvalue weighted by Gasteiger charge is 2.44. The van der Waals surface area contributed by atoms with Crippen LogP contribution in [0.5, 0.6) is 0 Å². The summed E-state index contributed by atoms with van der Waals surface area (Å²) in [5.41, 5.74) is -0.469. The summed E-state index contributed by atoms with van der Waals surface area (Å²) in [6, 6.07) is 0. The Bertz CT molecular complexity index is 889. The van der Waals surface area contributed by atoms with Gasteiger partial charge in [-0.05, 0) is 78.1 Å². The second-order valence-corrected chi connectivity index (χ2v) is 11.6. The molecule has 1 aliphatic heterocycles. The summed E-state index contributed by atoms with van der Waals surface area (Å²) in [5, 5.41) is 2.94. The highest BCUT2D eigenvalue weighted by Crippen LogP contribution is 2.40. The minimum Gasteiger partial charge on any atom is -0.466 e. The van der Waals surface area contributed by atoms with Crippen molar-refractivity contribution >= 4 is 11.9 Å². The van der Waals surface area contributed by atoms with Crippen molar-refractivity contribution in [1.82, 2.24) is 5.32 Å². The molecular weight excluding hydrogens is 498 g/mol. The van der Waals surface area contributed by atoms with Crippen molar-refractivity contribution < 1.29 is 19.1 Å². The van der Waals surface area contributed by atoms with E-state index in [9.17, 15) is 9.59 Å². The standard InChI is InChI=1S/C35H55NO4/c1-6-7-8-9-10-11-12-13-14-15-16-17-18-19-20-21-22-23-24-26-31(37)39-30-25-29-36-33(38)32-34(2,3)27-28-35(4,5)40-32/h7-8,10-11,13-14,16-17,19-20,22-23,32H,6,9,12,15,18,21,24-30H2,1-5H3,(H,36,38)/b8-7-,11-10-,14-13-,17-16-,20-19-,23-22-/t32-/m1/s1. The summed E-state index contributed by atoms with van der Waals surface area (Å²) in [7, 11) is 0. The molecule has 0 unspecified atom stereocenters. The number of nitrogens with one attached hydrogen (secondary N) is 1. The van der Waals surface area contributed by atoms with E-state index in [1.165, 1.54) is 0 Å². The zero-order valence-electron chi connectivity index (χ0n) is 25.8. The Kier molecular flexibility index (Phi) is 18.7. The molecule has 0 aromatic heterocycles. The second-order valence-electron chi connectivity index (χ2n) is 11.6. The Labute approximate surface area is 244 Å². The predicted molar refractivity (Wildman–Crippen MR) is 168 cm³/mol. The second kappa shape index (κ2) is 21.1. The van der Waals surface area contributed by atoms with Gasteiger partial charge >= 0.3 is 5.97 Å². The molecule has 1 heterocycles. The molecule has 1 saturated heterocycles. The van der Waals surface area contributed by atoms with Crippen LogP contribution < -0.4 is 5.32 Å². The summed E-state index contributed by atoms with van der Waals surface area (Å²) in [4.78, 5) is 24.6. The number of hydrogen-bond donors (Lipinski definition) is 1. The molecule has 0 aromatic rings. The average molecular weight is 554 g/mol. The fourth-order valence-corrected chi connectivity index (χ4v) is 4.18. The topological polar surface area (TPSA) is 64.6 Å². The predicted octanol–water partition coefficient (Wildman–Crippen LogP) is 8.50. The third-order valence-corrected chi connectivity index (χ3v) is 6.75. The van der Waals surface area contributed by atoms with E-state index in [0.717, 1.165) is 51.4 Å². The Balaban J connectivity index is 2.02. The Morgan fingerprint density at radius 2 is 1.27 bits per heavy atom. The lowest BCUT2D eigenvalue weighted by Gasteiger charge is -2.45. The molecule has 1 atom stereocenters. The van der Waals surface area contributed by atoms with E-state index in [4.69, 9.17) is 9.47 Å². The molecule has 0 bridgehead atoms. The fraction of sp³-hybridized carbons (Fsp3) is 0.600. The molecule has 0 aliphatic carbocycles. The van der Waals surface area contributed by atoms with Gasteiger partial charge in [0.25, 0.3) is 0 Å². The summed E-state index contributed by atoms with van der Waals surface area (Å²) >= 11 is 0. The van der Waals surface area contributed by atoms with Crippen molar-refractivity contribution in [2.45, 2.75) is 117 Å². The van der Waals surface area contributed by atoms with Crippen molar-refractivity contribution in [3.63, 3.8) is 0 Å². The maximum Gasteiger partial charge on any atom is 0.306 e. The molecule has 1 rings (SSSR count). The first-order valence-electron chi connectivity index (χ1n) is 15.2. The van der Waals surface area contributed by atoms with E-state index in [2.05, 4.69) is 92.9 Å². The molecular formula is C35H55NO4. The summed E-state index contributed by atoms with van der Waals surface area (Å²) < 4.78 is 11.4. The number of carbonyl (C=O) groups is 2. The Hall–Kier alpha value is -2.66. The number of esters is 1. The van der Waals surface area contributed by atoms with Gasteiger partial charge in [-0.25, -0.2) is 0 Å². The quantitative estimate of drug-likeness (QED) is 0.0989. The van der Waals surface area contributed by atoms with E-state index < -0.39 is 6.10 Å². The van der Waals surface area contributed by atoms with Gasteiger partial charge in [0.1, 0.15) is 6.10 Å². The van der Waals surface area contributed by atoms with Gasteiger partial charge in [0.05, 0.1) is 12.2 Å². The van der Waals surface area contributed by atoms with Crippen molar-refractivity contribution in [2.24, 2.45) is 5.41 Å². The van der Waals surface area contributed by atoms with Gasteiger partial charge in [-0.2, -0.15) is 0 Å². The van der Waals surface area contributed by atoms with Gasteiger partial charge in [-0.1, -0.05) is 93.7 Å². The zero-order valence-corrected chi connectivity index (χ0v) is 25.8. The van der Waals surface area contributed by atoms with Crippen LogP contribution in [0.3, 0.4) is 0 Å². The van der Waals surface area contributed by atoms with Crippen LogP contribution in [-0.2, 0) is 19.1 Å². The molecule has 5 heteroatoms. The monoisotopic (exact) mass is 553 g/mol. The molecule has 40 heavy (non-hydrogen) atoms. The zero-order chi connectivity index (χ0) is 29.5. The minimum absolute atomic E-state index is 0.0817. The van der Waals surface area contributed by atoms with Gasteiger partial charge in [0.2, 0.25) is 5.91 Å². The number of amides is 1. The van der Waals surface area contributed by atoms with Gasteiger partial charge < -0.3 is 14.8 Å². The number of rotatable bonds is 19. The smallest absolute Gasteiger partial charge is 0.306 e. The highest BCUT2D eigenvalue weighted by atomic mass is 16.5. The minimum atomic E-state index is -0.458. The molecule has 1 amide bonds. The van der Waals surface area contributed by atoms with Crippen LogP contribution in [-0.4, -0.2) is 36.7 Å². The van der Waals surface area contributed by atoms with E-state index in [0.29, 0.717) is 32.4 Å². The molecule has 0 spiro atoms. The van der Waals surface area contributed by atoms with Gasteiger partial charge in [-0.15, -0.1) is 0 Å². The molecule has 1 aliphatic rings. The summed E-state index contributed by atoms with van der Waals surface area (Å²) in [6.07, 6.45) is 34.9. The van der Waals surface area contributed by atoms with Crippen LogP contribution in [0, 0.1) is 5.41 Å². The Morgan fingerprint density at radius 3 is 1.80 bits per heavy atom. The van der Waals surface area contributed by atoms with E-state index in [1.807, 2.05) is 19.9 Å². The molecule has 224 valence electrons. The lowest BCUT2D eigenvalue weighted by molar-refractivity contribution is -0.178. The number of carbonyl (C=O) groups excluding carboxylic acids is 2. The lowest BCUT2D eigenvalue weighted by atomic mass is 9.75. The first-order chi connectivity index (χ1) is 19.2. The number of allylic oxidation sites excluding steroid dienone is 12. The normalized spacial score (nSPS) is 19.2. The molecule has 0 radical (unpaired) electrons. The SMILES string of the molecule is CC/C=C\C/C=C\C/C=C\C/C=C\C/C=C\C/C=C\CCC(=O)OCCCNC(=O)[C@H]1OC(C)(C)CCC1(C)C. The molecule has 1 fully saturated rings. The first-order valence-corrected chi connectivity index (χ1v) is 15.2. The number of ether oxygens (including phenoxy) is 2. The first kappa shape index (κ1) is 35.4. The molecule has 5 nitrogen and oxygen atoms in total. The van der Waals surface area contributed by atoms with Gasteiger partial charge in [0, 0.05) is 18.4 Å². The summed E-state index contributed by atoms with van der Waals surface area (Å²) in [6.45, 7) is 11.1. The van der Waals surface area contributed by atoms with Crippen molar-refractivity contribution in [3.8, 4) is 0 Å². The summed E-state index contributed by atoms with van der Waals surface area (Å²) in [5.74, 6) is -0.286. The van der Waals surface area contributed by atoms with Crippen LogP contribution in [0.1, 0.15) is 105 Å². The highest BCUT2D eigenvalue weighted by molar-refractivity contribution is 5.81.